The molecule has 1 nitrogen and oxygen atoms in total. The van der Waals surface area contributed by atoms with Gasteiger partial charge in [-0.3, -0.25) is 0 Å². The second-order valence-electron chi connectivity index (χ2n) is 4.10. The van der Waals surface area contributed by atoms with Crippen molar-refractivity contribution in [2.45, 2.75) is 13.8 Å². The van der Waals surface area contributed by atoms with E-state index in [0.717, 1.165) is 17.3 Å². The number of rotatable bonds is 0. The monoisotopic (exact) mass is 125 g/mol. The molecule has 0 spiro atoms. The molecular weight excluding hydrogens is 110 g/mol. The molecule has 0 bridgehead atoms. The number of likely N-dealkylation sites (tertiary alicyclic amines) is 1. The van der Waals surface area contributed by atoms with Gasteiger partial charge in [0.25, 0.3) is 0 Å². The zero-order valence-electron chi connectivity index (χ0n) is 6.52. The average molecular weight is 125 g/mol. The maximum atomic E-state index is 2.45. The molecule has 0 aromatic rings. The van der Waals surface area contributed by atoms with Gasteiger partial charge in [-0.05, 0) is 24.3 Å². The molecule has 2 rings (SSSR count). The molecule has 0 radical (unpaired) electrons. The first kappa shape index (κ1) is 5.72. The van der Waals surface area contributed by atoms with Gasteiger partial charge in [0, 0.05) is 13.1 Å². The fraction of sp³-hybridized carbons (Fsp3) is 1.00. The van der Waals surface area contributed by atoms with Crippen LogP contribution in [0.15, 0.2) is 0 Å². The van der Waals surface area contributed by atoms with E-state index in [0.29, 0.717) is 0 Å². The summed E-state index contributed by atoms with van der Waals surface area (Å²) in [6.45, 7) is 7.49. The lowest BCUT2D eigenvalue weighted by molar-refractivity contribution is 0.318. The highest BCUT2D eigenvalue weighted by atomic mass is 15.2. The highest BCUT2D eigenvalue weighted by molar-refractivity contribution is 5.12. The molecule has 0 amide bonds. The molecule has 52 valence electrons. The maximum absolute atomic E-state index is 2.45. The van der Waals surface area contributed by atoms with E-state index in [2.05, 4.69) is 25.8 Å². The molecule has 3 atom stereocenters. The molecule has 2 aliphatic rings. The fourth-order valence-corrected chi connectivity index (χ4v) is 2.52. The van der Waals surface area contributed by atoms with Gasteiger partial charge < -0.3 is 4.90 Å². The third-order valence-electron chi connectivity index (χ3n) is 3.50. The van der Waals surface area contributed by atoms with Crippen LogP contribution in [-0.4, -0.2) is 25.0 Å². The van der Waals surface area contributed by atoms with Gasteiger partial charge in [0.05, 0.1) is 0 Å². The van der Waals surface area contributed by atoms with E-state index < -0.39 is 0 Å². The summed E-state index contributed by atoms with van der Waals surface area (Å²) in [4.78, 5) is 2.45. The molecule has 1 aliphatic heterocycles. The third-order valence-corrected chi connectivity index (χ3v) is 3.50. The van der Waals surface area contributed by atoms with E-state index >= 15 is 0 Å². The predicted molar refractivity (Wildman–Crippen MR) is 38.3 cm³/mol. The van der Waals surface area contributed by atoms with Crippen molar-refractivity contribution >= 4 is 0 Å². The van der Waals surface area contributed by atoms with Gasteiger partial charge in [0.2, 0.25) is 0 Å². The lowest BCUT2D eigenvalue weighted by Gasteiger charge is -2.13. The van der Waals surface area contributed by atoms with Gasteiger partial charge in [0.1, 0.15) is 0 Å². The van der Waals surface area contributed by atoms with Gasteiger partial charge in [-0.2, -0.15) is 0 Å². The van der Waals surface area contributed by atoms with Gasteiger partial charge >= 0.3 is 0 Å². The lowest BCUT2D eigenvalue weighted by Crippen LogP contribution is -2.21. The van der Waals surface area contributed by atoms with Crippen molar-refractivity contribution in [1.82, 2.24) is 4.90 Å². The van der Waals surface area contributed by atoms with Crippen molar-refractivity contribution in [3.05, 3.63) is 0 Å². The van der Waals surface area contributed by atoms with Crippen LogP contribution in [0.25, 0.3) is 0 Å². The second kappa shape index (κ2) is 1.34. The fourth-order valence-electron chi connectivity index (χ4n) is 2.52. The van der Waals surface area contributed by atoms with Crippen molar-refractivity contribution in [1.29, 1.82) is 0 Å². The maximum Gasteiger partial charge on any atom is 0.00383 e. The van der Waals surface area contributed by atoms with E-state index in [1.807, 2.05) is 0 Å². The molecule has 0 N–H and O–H groups in total. The van der Waals surface area contributed by atoms with Crippen LogP contribution in [-0.2, 0) is 0 Å². The summed E-state index contributed by atoms with van der Waals surface area (Å²) in [6, 6.07) is 0. The Hall–Kier alpha value is -0.0400. The predicted octanol–water partition coefficient (Wildman–Crippen LogP) is 1.20. The van der Waals surface area contributed by atoms with E-state index in [9.17, 15) is 0 Å². The van der Waals surface area contributed by atoms with E-state index in [-0.39, 0.29) is 0 Å². The number of nitrogens with zero attached hydrogens (tertiary/aromatic N) is 1. The van der Waals surface area contributed by atoms with E-state index in [4.69, 9.17) is 0 Å². The van der Waals surface area contributed by atoms with Gasteiger partial charge in [-0.15, -0.1) is 0 Å². The first-order valence-corrected chi connectivity index (χ1v) is 3.83. The minimum atomic E-state index is 0.717. The van der Waals surface area contributed by atoms with Crippen molar-refractivity contribution < 1.29 is 0 Å². The first-order valence-electron chi connectivity index (χ1n) is 3.83. The van der Waals surface area contributed by atoms with E-state index in [1.165, 1.54) is 13.1 Å². The normalized spacial score (nSPS) is 57.7. The Morgan fingerprint density at radius 3 is 2.56 bits per heavy atom. The summed E-state index contributed by atoms with van der Waals surface area (Å²) >= 11 is 0. The Bertz CT molecular complexity index is 144. The molecule has 9 heavy (non-hydrogen) atoms. The topological polar surface area (TPSA) is 3.24 Å². The molecular formula is C8H15N. The molecule has 1 aliphatic carbocycles. The molecule has 1 saturated heterocycles. The SMILES string of the molecule is CC1C2CN(C)CC12C. The van der Waals surface area contributed by atoms with Crippen LogP contribution in [0.1, 0.15) is 13.8 Å². The number of fused-ring (bicyclic) bond motifs is 1. The molecule has 1 heteroatoms. The van der Waals surface area contributed by atoms with Crippen LogP contribution in [0.5, 0.6) is 0 Å². The smallest absolute Gasteiger partial charge is 0.00383 e. The lowest BCUT2D eigenvalue weighted by atomic mass is 10.1. The Labute approximate surface area is 57.0 Å². The molecule has 0 aromatic carbocycles. The summed E-state index contributed by atoms with van der Waals surface area (Å²) in [5.74, 6) is 2.04. The number of hydrogen-bond donors (Lipinski definition) is 0. The molecule has 1 heterocycles. The van der Waals surface area contributed by atoms with Gasteiger partial charge in [-0.25, -0.2) is 0 Å². The Kier molecular flexibility index (Phi) is 0.852. The average Bonchev–Trinajstić information content (AvgIpc) is 2.23. The van der Waals surface area contributed by atoms with Crippen LogP contribution in [0.3, 0.4) is 0 Å². The molecule has 0 aromatic heterocycles. The highest BCUT2D eigenvalue weighted by Gasteiger charge is 2.62. The minimum absolute atomic E-state index is 0.717. The summed E-state index contributed by atoms with van der Waals surface area (Å²) in [7, 11) is 2.23. The zero-order chi connectivity index (χ0) is 6.65. The summed E-state index contributed by atoms with van der Waals surface area (Å²) in [5.41, 5.74) is 0.717. The van der Waals surface area contributed by atoms with Crippen LogP contribution >= 0.6 is 0 Å². The van der Waals surface area contributed by atoms with E-state index in [1.54, 1.807) is 0 Å². The van der Waals surface area contributed by atoms with Crippen LogP contribution < -0.4 is 0 Å². The van der Waals surface area contributed by atoms with Crippen molar-refractivity contribution in [2.24, 2.45) is 17.3 Å². The van der Waals surface area contributed by atoms with Gasteiger partial charge in [-0.1, -0.05) is 13.8 Å². The first-order chi connectivity index (χ1) is 4.14. The number of hydrogen-bond acceptors (Lipinski definition) is 1. The molecule has 1 saturated carbocycles. The molecule has 3 unspecified atom stereocenters. The van der Waals surface area contributed by atoms with Crippen LogP contribution in [0, 0.1) is 17.3 Å². The zero-order valence-corrected chi connectivity index (χ0v) is 6.52. The van der Waals surface area contributed by atoms with Crippen molar-refractivity contribution in [3.63, 3.8) is 0 Å². The Morgan fingerprint density at radius 1 is 1.56 bits per heavy atom. The van der Waals surface area contributed by atoms with Crippen molar-refractivity contribution in [3.8, 4) is 0 Å². The standard InChI is InChI=1S/C8H15N/c1-6-7-4-9(3)5-8(6,7)2/h6-7H,4-5H2,1-3H3. The Balaban J connectivity index is 2.12. The van der Waals surface area contributed by atoms with Crippen molar-refractivity contribution in [2.75, 3.05) is 20.1 Å². The van der Waals surface area contributed by atoms with Gasteiger partial charge in [0.15, 0.2) is 0 Å². The highest BCUT2D eigenvalue weighted by Crippen LogP contribution is 2.62. The summed E-state index contributed by atoms with van der Waals surface area (Å²) in [6.07, 6.45) is 0. The third kappa shape index (κ3) is 0.536. The summed E-state index contributed by atoms with van der Waals surface area (Å²) in [5, 5.41) is 0. The summed E-state index contributed by atoms with van der Waals surface area (Å²) < 4.78 is 0. The quantitative estimate of drug-likeness (QED) is 0.470. The second-order valence-corrected chi connectivity index (χ2v) is 4.10. The molecule has 2 fully saturated rings. The largest absolute Gasteiger partial charge is 0.305 e. The van der Waals surface area contributed by atoms with Crippen LogP contribution in [0.4, 0.5) is 0 Å². The Morgan fingerprint density at radius 2 is 2.22 bits per heavy atom. The van der Waals surface area contributed by atoms with Crippen LogP contribution in [0.2, 0.25) is 0 Å². The minimum Gasteiger partial charge on any atom is -0.305 e. The number of piperidine rings is 1.